The fraction of sp³-hybridized carbons (Fsp3) is 0.444. The van der Waals surface area contributed by atoms with Gasteiger partial charge in [0, 0.05) is 11.3 Å². The second-order valence-electron chi connectivity index (χ2n) is 6.37. The van der Waals surface area contributed by atoms with Gasteiger partial charge in [-0.2, -0.15) is 26.3 Å². The number of carbonyl (C=O) groups excluding carboxylic acids is 2. The van der Waals surface area contributed by atoms with E-state index in [0.29, 0.717) is 12.1 Å². The maximum absolute atomic E-state index is 14.3. The Hall–Kier alpha value is -2.83. The van der Waals surface area contributed by atoms with E-state index >= 15 is 0 Å². The van der Waals surface area contributed by atoms with Crippen LogP contribution >= 0.6 is 0 Å². The molecule has 6 nitrogen and oxygen atoms in total. The minimum Gasteiger partial charge on any atom is -0.466 e. The molecule has 13 heteroatoms. The number of benzene rings is 1. The molecule has 0 saturated carbocycles. The predicted molar refractivity (Wildman–Crippen MR) is 90.4 cm³/mol. The van der Waals surface area contributed by atoms with Crippen molar-refractivity contribution in [2.75, 3.05) is 32.5 Å². The summed E-state index contributed by atoms with van der Waals surface area (Å²) in [7, 11) is 2.02. The SMILES string of the molecule is COC(=O)C1=C(C(=O)OC)N(c2ccc(C(F)(C(F)(F)F)C(F)(F)F)cc2C)COC1. The number of nitrogens with zero attached hydrogens (tertiary/aromatic N) is 1. The minimum absolute atomic E-state index is 0.114. The van der Waals surface area contributed by atoms with E-state index in [-0.39, 0.29) is 29.1 Å². The van der Waals surface area contributed by atoms with Crippen LogP contribution in [0.25, 0.3) is 0 Å². The monoisotopic (exact) mass is 459 g/mol. The number of rotatable bonds is 4. The standard InChI is InChI=1S/C18H16F7NO5/c1-9-6-10(16(19,17(20,21)22)18(23,24)25)4-5-12(9)26-8-31-7-11(14(27)29-2)13(26)15(28)30-3/h4-6H,7-8H2,1-3H3. The lowest BCUT2D eigenvalue weighted by Crippen LogP contribution is -2.50. The molecule has 0 amide bonds. The molecule has 1 aromatic rings. The van der Waals surface area contributed by atoms with E-state index in [4.69, 9.17) is 4.74 Å². The van der Waals surface area contributed by atoms with Crippen molar-refractivity contribution in [3.8, 4) is 0 Å². The van der Waals surface area contributed by atoms with Gasteiger partial charge in [-0.25, -0.2) is 14.0 Å². The number of methoxy groups -OCH3 is 2. The Labute approximate surface area is 171 Å². The molecule has 1 aliphatic heterocycles. The van der Waals surface area contributed by atoms with Crippen molar-refractivity contribution in [1.29, 1.82) is 0 Å². The van der Waals surface area contributed by atoms with Crippen molar-refractivity contribution < 1.29 is 54.5 Å². The highest BCUT2D eigenvalue weighted by atomic mass is 19.4. The van der Waals surface area contributed by atoms with Crippen LogP contribution < -0.4 is 4.90 Å². The van der Waals surface area contributed by atoms with Crippen molar-refractivity contribution in [1.82, 2.24) is 0 Å². The molecule has 0 fully saturated rings. The molecule has 0 spiro atoms. The van der Waals surface area contributed by atoms with Crippen LogP contribution in [0.4, 0.5) is 36.4 Å². The summed E-state index contributed by atoms with van der Waals surface area (Å²) in [5, 5.41) is 0. The first kappa shape index (κ1) is 24.4. The van der Waals surface area contributed by atoms with Gasteiger partial charge in [0.05, 0.1) is 26.4 Å². The first-order valence-electron chi connectivity index (χ1n) is 8.39. The van der Waals surface area contributed by atoms with Crippen molar-refractivity contribution in [2.24, 2.45) is 0 Å². The van der Waals surface area contributed by atoms with Crippen molar-refractivity contribution >= 4 is 17.6 Å². The highest BCUT2D eigenvalue weighted by Crippen LogP contribution is 2.53. The maximum atomic E-state index is 14.3. The van der Waals surface area contributed by atoms with E-state index in [1.165, 1.54) is 0 Å². The van der Waals surface area contributed by atoms with Crippen LogP contribution in [0.15, 0.2) is 29.5 Å². The largest absolute Gasteiger partial charge is 0.466 e. The van der Waals surface area contributed by atoms with E-state index in [2.05, 4.69) is 9.47 Å². The van der Waals surface area contributed by atoms with Crippen LogP contribution in [0.2, 0.25) is 0 Å². The number of carbonyl (C=O) groups is 2. The molecular weight excluding hydrogens is 443 g/mol. The summed E-state index contributed by atoms with van der Waals surface area (Å²) in [6.07, 6.45) is -12.6. The second-order valence-corrected chi connectivity index (χ2v) is 6.37. The van der Waals surface area contributed by atoms with Gasteiger partial charge in [-0.05, 0) is 18.6 Å². The lowest BCUT2D eigenvalue weighted by molar-refractivity contribution is -0.348. The third-order valence-electron chi connectivity index (χ3n) is 4.50. The van der Waals surface area contributed by atoms with Gasteiger partial charge in [-0.15, -0.1) is 0 Å². The fourth-order valence-electron chi connectivity index (χ4n) is 2.99. The number of ether oxygens (including phenoxy) is 3. The molecule has 0 atom stereocenters. The lowest BCUT2D eigenvalue weighted by atomic mass is 9.92. The Morgan fingerprint density at radius 1 is 0.968 bits per heavy atom. The Morgan fingerprint density at radius 2 is 1.52 bits per heavy atom. The Kier molecular flexibility index (Phi) is 6.59. The summed E-state index contributed by atoms with van der Waals surface area (Å²) in [6, 6.07) is 1.41. The van der Waals surface area contributed by atoms with Gasteiger partial charge in [0.1, 0.15) is 12.4 Å². The van der Waals surface area contributed by atoms with Crippen molar-refractivity contribution in [3.05, 3.63) is 40.6 Å². The van der Waals surface area contributed by atoms with E-state index in [1.54, 1.807) is 0 Å². The zero-order valence-corrected chi connectivity index (χ0v) is 16.3. The first-order valence-corrected chi connectivity index (χ1v) is 8.39. The molecule has 0 aromatic heterocycles. The normalized spacial score (nSPS) is 15.7. The summed E-state index contributed by atoms with van der Waals surface area (Å²) in [5.74, 6) is -1.99. The summed E-state index contributed by atoms with van der Waals surface area (Å²) in [5.41, 5.74) is -8.34. The van der Waals surface area contributed by atoms with E-state index in [1.807, 2.05) is 0 Å². The number of anilines is 1. The summed E-state index contributed by atoms with van der Waals surface area (Å²) in [6.45, 7) is 0.345. The van der Waals surface area contributed by atoms with Gasteiger partial charge in [0.2, 0.25) is 0 Å². The van der Waals surface area contributed by atoms with Crippen LogP contribution in [-0.4, -0.2) is 51.8 Å². The van der Waals surface area contributed by atoms with Crippen molar-refractivity contribution in [2.45, 2.75) is 24.9 Å². The number of hydrogen-bond donors (Lipinski definition) is 0. The molecule has 172 valence electrons. The predicted octanol–water partition coefficient (Wildman–Crippen LogP) is 3.68. The van der Waals surface area contributed by atoms with Crippen LogP contribution in [-0.2, 0) is 29.5 Å². The minimum atomic E-state index is -6.28. The highest BCUT2D eigenvalue weighted by Gasteiger charge is 2.73. The third kappa shape index (κ3) is 4.18. The van der Waals surface area contributed by atoms with Crippen molar-refractivity contribution in [3.63, 3.8) is 0 Å². The topological polar surface area (TPSA) is 65.1 Å². The average Bonchev–Trinajstić information content (AvgIpc) is 2.69. The number of hydrogen-bond acceptors (Lipinski definition) is 6. The number of aryl methyl sites for hydroxylation is 1. The van der Waals surface area contributed by atoms with Crippen LogP contribution in [0.1, 0.15) is 11.1 Å². The molecule has 1 heterocycles. The summed E-state index contributed by atoms with van der Waals surface area (Å²) < 4.78 is 107. The molecule has 1 aliphatic rings. The quantitative estimate of drug-likeness (QED) is 0.506. The first-order chi connectivity index (χ1) is 14.2. The zero-order valence-electron chi connectivity index (χ0n) is 16.3. The molecule has 0 unspecified atom stereocenters. The smallest absolute Gasteiger partial charge is 0.435 e. The number of alkyl halides is 7. The zero-order chi connectivity index (χ0) is 23.8. The van der Waals surface area contributed by atoms with Gasteiger partial charge in [-0.3, -0.25) is 0 Å². The molecule has 0 saturated heterocycles. The second kappa shape index (κ2) is 8.36. The lowest BCUT2D eigenvalue weighted by Gasteiger charge is -2.34. The molecule has 0 aliphatic carbocycles. The molecule has 0 N–H and O–H groups in total. The number of esters is 2. The summed E-state index contributed by atoms with van der Waals surface area (Å²) in [4.78, 5) is 25.2. The highest BCUT2D eigenvalue weighted by molar-refractivity contribution is 6.03. The van der Waals surface area contributed by atoms with E-state index in [0.717, 1.165) is 32.1 Å². The Balaban J connectivity index is 2.66. The Morgan fingerprint density at radius 3 is 1.97 bits per heavy atom. The van der Waals surface area contributed by atoms with Gasteiger partial charge in [0.25, 0.3) is 0 Å². The molecule has 1 aromatic carbocycles. The van der Waals surface area contributed by atoms with E-state index in [9.17, 15) is 40.3 Å². The third-order valence-corrected chi connectivity index (χ3v) is 4.50. The van der Waals surface area contributed by atoms with Crippen LogP contribution in [0.5, 0.6) is 0 Å². The van der Waals surface area contributed by atoms with Crippen LogP contribution in [0, 0.1) is 6.92 Å². The molecule has 0 radical (unpaired) electrons. The van der Waals surface area contributed by atoms with Crippen LogP contribution in [0.3, 0.4) is 0 Å². The Bertz CT molecular complexity index is 894. The maximum Gasteiger partial charge on any atom is 0.435 e. The molecular formula is C18H16F7NO5. The van der Waals surface area contributed by atoms with Gasteiger partial charge in [0.15, 0.2) is 0 Å². The van der Waals surface area contributed by atoms with Gasteiger partial charge >= 0.3 is 30.0 Å². The van der Waals surface area contributed by atoms with Gasteiger partial charge in [-0.1, -0.05) is 12.1 Å². The number of halogens is 7. The molecule has 2 rings (SSSR count). The fourth-order valence-corrected chi connectivity index (χ4v) is 2.99. The molecule has 31 heavy (non-hydrogen) atoms. The average molecular weight is 459 g/mol. The van der Waals surface area contributed by atoms with Gasteiger partial charge < -0.3 is 19.1 Å². The van der Waals surface area contributed by atoms with E-state index < -0.39 is 42.3 Å². The summed E-state index contributed by atoms with van der Waals surface area (Å²) >= 11 is 0. The molecule has 0 bridgehead atoms.